The highest BCUT2D eigenvalue weighted by atomic mass is 16.8. The van der Waals surface area contributed by atoms with Crippen LogP contribution in [0.3, 0.4) is 0 Å². The normalized spacial score (nSPS) is 9.92. The van der Waals surface area contributed by atoms with Crippen molar-refractivity contribution in [3.63, 3.8) is 0 Å². The zero-order chi connectivity index (χ0) is 19.5. The van der Waals surface area contributed by atoms with E-state index in [1.54, 1.807) is 6.92 Å². The summed E-state index contributed by atoms with van der Waals surface area (Å²) in [5, 5.41) is 17.1. The van der Waals surface area contributed by atoms with Crippen molar-refractivity contribution in [3.05, 3.63) is 35.9 Å². The highest BCUT2D eigenvalue weighted by Crippen LogP contribution is 2.07. The molecule has 0 aliphatic carbocycles. The molecule has 0 heterocycles. The smallest absolute Gasteiger partial charge is 0.451 e. The van der Waals surface area contributed by atoms with Crippen molar-refractivity contribution in [2.24, 2.45) is 0 Å². The third-order valence-electron chi connectivity index (χ3n) is 3.18. The fourth-order valence-corrected chi connectivity index (χ4v) is 1.89. The van der Waals surface area contributed by atoms with Gasteiger partial charge in [0.15, 0.2) is 0 Å². The van der Waals surface area contributed by atoms with Crippen LogP contribution in [0.25, 0.3) is 0 Å². The Morgan fingerprint density at radius 2 is 1.85 bits per heavy atom. The lowest BCUT2D eigenvalue weighted by Crippen LogP contribution is -2.48. The molecule has 9 heteroatoms. The third-order valence-corrected chi connectivity index (χ3v) is 3.18. The first-order valence-electron chi connectivity index (χ1n) is 8.08. The van der Waals surface area contributed by atoms with Crippen molar-refractivity contribution in [3.8, 4) is 0 Å². The molecule has 0 aliphatic heterocycles. The van der Waals surface area contributed by atoms with Crippen LogP contribution in [0.15, 0.2) is 30.3 Å². The van der Waals surface area contributed by atoms with Gasteiger partial charge < -0.3 is 19.6 Å². The molecule has 1 amide bonds. The van der Waals surface area contributed by atoms with E-state index in [-0.39, 0.29) is 13.0 Å². The molecule has 0 aliphatic rings. The second kappa shape index (κ2) is 10.7. The lowest BCUT2D eigenvalue weighted by Gasteiger charge is -2.26. The first-order chi connectivity index (χ1) is 12.3. The minimum Gasteiger partial charge on any atom is -0.480 e. The van der Waals surface area contributed by atoms with Gasteiger partial charge in [0.2, 0.25) is 5.96 Å². The van der Waals surface area contributed by atoms with E-state index in [9.17, 15) is 14.4 Å². The van der Waals surface area contributed by atoms with Crippen LogP contribution in [0.1, 0.15) is 25.3 Å². The van der Waals surface area contributed by atoms with Gasteiger partial charge in [-0.3, -0.25) is 10.2 Å². The van der Waals surface area contributed by atoms with Crippen LogP contribution in [-0.2, 0) is 25.6 Å². The van der Waals surface area contributed by atoms with Crippen molar-refractivity contribution in [2.45, 2.75) is 26.2 Å². The summed E-state index contributed by atoms with van der Waals surface area (Å²) in [6, 6.07) is 9.23. The fourth-order valence-electron chi connectivity index (χ4n) is 1.89. The van der Waals surface area contributed by atoms with E-state index in [2.05, 4.69) is 0 Å². The summed E-state index contributed by atoms with van der Waals surface area (Å²) in [6.07, 6.45) is -0.130. The number of carbonyl (C=O) groups is 3. The molecule has 0 saturated carbocycles. The maximum Gasteiger partial charge on any atom is 0.451 e. The van der Waals surface area contributed by atoms with E-state index in [0.717, 1.165) is 10.5 Å². The minimum absolute atomic E-state index is 0.0164. The number of benzene rings is 1. The van der Waals surface area contributed by atoms with E-state index in [1.807, 2.05) is 30.3 Å². The van der Waals surface area contributed by atoms with Gasteiger partial charge in [0, 0.05) is 7.05 Å². The molecular weight excluding hydrogens is 342 g/mol. The van der Waals surface area contributed by atoms with Crippen molar-refractivity contribution in [2.75, 3.05) is 20.2 Å². The van der Waals surface area contributed by atoms with Crippen molar-refractivity contribution < 1.29 is 29.1 Å². The van der Waals surface area contributed by atoms with Gasteiger partial charge in [0.25, 0.3) is 0 Å². The number of aliphatic carboxylic acids is 1. The first-order valence-corrected chi connectivity index (χ1v) is 8.08. The number of carboxylic acids is 1. The molecule has 0 fully saturated rings. The van der Waals surface area contributed by atoms with Crippen LogP contribution < -0.4 is 0 Å². The summed E-state index contributed by atoms with van der Waals surface area (Å²) in [5.74, 6) is -2.55. The fraction of sp³-hybridized carbons (Fsp3) is 0.412. The average molecular weight is 365 g/mol. The van der Waals surface area contributed by atoms with E-state index in [1.165, 1.54) is 7.05 Å². The molecule has 0 bridgehead atoms. The molecule has 26 heavy (non-hydrogen) atoms. The summed E-state index contributed by atoms with van der Waals surface area (Å²) in [6.45, 7) is 1.32. The standard InChI is InChI=1S/C17H23N3O6/c1-3-11-25-17(24)20(16(18)19(2)12-14(21)22)26-15(23)10-9-13-7-5-4-6-8-13/h4-8,18H,3,9-12H2,1-2H3,(H,21,22). The van der Waals surface area contributed by atoms with Crippen LogP contribution in [0, 0.1) is 5.41 Å². The number of nitrogens with zero attached hydrogens (tertiary/aromatic N) is 2. The number of hydrogen-bond donors (Lipinski definition) is 2. The predicted octanol–water partition coefficient (Wildman–Crippen LogP) is 1.88. The topological polar surface area (TPSA) is 120 Å². The highest BCUT2D eigenvalue weighted by Gasteiger charge is 2.28. The van der Waals surface area contributed by atoms with Crippen molar-refractivity contribution in [1.82, 2.24) is 9.96 Å². The minimum atomic E-state index is -1.20. The zero-order valence-electron chi connectivity index (χ0n) is 14.8. The summed E-state index contributed by atoms with van der Waals surface area (Å²) in [4.78, 5) is 40.8. The van der Waals surface area contributed by atoms with E-state index < -0.39 is 30.5 Å². The van der Waals surface area contributed by atoms with Crippen LogP contribution >= 0.6 is 0 Å². The van der Waals surface area contributed by atoms with Gasteiger partial charge in [0.05, 0.1) is 13.0 Å². The van der Waals surface area contributed by atoms with Gasteiger partial charge in [-0.25, -0.2) is 9.59 Å². The third kappa shape index (κ3) is 7.20. The molecular formula is C17H23N3O6. The Morgan fingerprint density at radius 3 is 2.42 bits per heavy atom. The van der Waals surface area contributed by atoms with Crippen molar-refractivity contribution >= 4 is 24.0 Å². The highest BCUT2D eigenvalue weighted by molar-refractivity contribution is 5.93. The Kier molecular flexibility index (Phi) is 8.62. The molecule has 142 valence electrons. The number of aryl methyl sites for hydroxylation is 1. The Bertz CT molecular complexity index is 635. The second-order valence-electron chi connectivity index (χ2n) is 5.43. The molecule has 1 rings (SSSR count). The molecule has 0 aromatic heterocycles. The summed E-state index contributed by atoms with van der Waals surface area (Å²) >= 11 is 0. The van der Waals surface area contributed by atoms with Crippen LogP contribution in [0.4, 0.5) is 4.79 Å². The lowest BCUT2D eigenvalue weighted by molar-refractivity contribution is -0.169. The van der Waals surface area contributed by atoms with E-state index in [0.29, 0.717) is 17.9 Å². The molecule has 0 unspecified atom stereocenters. The number of hydroxylamine groups is 2. The second-order valence-corrected chi connectivity index (χ2v) is 5.43. The SMILES string of the molecule is CCCOC(=O)N(OC(=O)CCc1ccccc1)C(=N)N(C)CC(=O)O. The molecule has 0 spiro atoms. The number of likely N-dealkylation sites (N-methyl/N-ethyl adjacent to an activating group) is 1. The Balaban J connectivity index is 2.73. The maximum absolute atomic E-state index is 12.1. The number of ether oxygens (including phenoxy) is 1. The molecule has 1 aromatic rings. The quantitative estimate of drug-likeness (QED) is 0.430. The molecule has 0 saturated heterocycles. The first kappa shape index (κ1) is 20.9. The van der Waals surface area contributed by atoms with E-state index in [4.69, 9.17) is 20.1 Å². The largest absolute Gasteiger partial charge is 0.480 e. The van der Waals surface area contributed by atoms with Gasteiger partial charge in [0.1, 0.15) is 6.54 Å². The van der Waals surface area contributed by atoms with E-state index >= 15 is 0 Å². The molecule has 2 N–H and O–H groups in total. The van der Waals surface area contributed by atoms with Crippen LogP contribution in [-0.4, -0.2) is 59.3 Å². The van der Waals surface area contributed by atoms with Crippen LogP contribution in [0.2, 0.25) is 0 Å². The number of rotatable bonds is 7. The number of amides is 1. The van der Waals surface area contributed by atoms with Gasteiger partial charge in [-0.1, -0.05) is 42.3 Å². The predicted molar refractivity (Wildman–Crippen MR) is 92.3 cm³/mol. The number of hydrogen-bond acceptors (Lipinski definition) is 6. The van der Waals surface area contributed by atoms with Gasteiger partial charge in [-0.2, -0.15) is 0 Å². The molecule has 1 aromatic carbocycles. The van der Waals surface area contributed by atoms with Gasteiger partial charge in [-0.15, -0.1) is 0 Å². The van der Waals surface area contributed by atoms with Crippen molar-refractivity contribution in [1.29, 1.82) is 5.41 Å². The maximum atomic E-state index is 12.1. The van der Waals surface area contributed by atoms with Crippen LogP contribution in [0.5, 0.6) is 0 Å². The Morgan fingerprint density at radius 1 is 1.19 bits per heavy atom. The number of nitrogens with one attached hydrogen (secondary N) is 1. The lowest BCUT2D eigenvalue weighted by atomic mass is 10.1. The molecule has 9 nitrogen and oxygen atoms in total. The summed E-state index contributed by atoms with van der Waals surface area (Å²) < 4.78 is 4.89. The monoisotopic (exact) mass is 365 g/mol. The number of carboxylic acid groups (broad SMARTS) is 1. The number of guanidine groups is 1. The summed E-state index contributed by atoms with van der Waals surface area (Å²) in [5.41, 5.74) is 0.919. The average Bonchev–Trinajstić information content (AvgIpc) is 2.62. The summed E-state index contributed by atoms with van der Waals surface area (Å²) in [7, 11) is 1.29. The Labute approximate surface area is 151 Å². The molecule has 0 radical (unpaired) electrons. The van der Waals surface area contributed by atoms with Gasteiger partial charge >= 0.3 is 18.0 Å². The molecule has 0 atom stereocenters. The Hall–Kier alpha value is -3.10. The number of carbonyl (C=O) groups excluding carboxylic acids is 2. The van der Waals surface area contributed by atoms with Gasteiger partial charge in [-0.05, 0) is 18.4 Å². The zero-order valence-corrected chi connectivity index (χ0v) is 14.8.